The number of ketones is 1. The predicted octanol–water partition coefficient (Wildman–Crippen LogP) is 4.00. The van der Waals surface area contributed by atoms with Crippen molar-refractivity contribution in [3.8, 4) is 0 Å². The van der Waals surface area contributed by atoms with Crippen LogP contribution in [0.5, 0.6) is 0 Å². The van der Waals surface area contributed by atoms with Crippen LogP contribution in [-0.4, -0.2) is 31.4 Å². The number of nitrogens with zero attached hydrogens (tertiary/aromatic N) is 4. The summed E-state index contributed by atoms with van der Waals surface area (Å²) in [6, 6.07) is 6.44. The molecular formula is C24H22ClFN6O2. The van der Waals surface area contributed by atoms with Gasteiger partial charge in [0.2, 0.25) is 0 Å². The molecule has 0 bridgehead atoms. The number of fused-ring (bicyclic) bond motifs is 1. The third kappa shape index (κ3) is 4.74. The number of nitrogen functional groups attached to an aromatic ring is 1. The molecule has 174 valence electrons. The van der Waals surface area contributed by atoms with Crippen LogP contribution in [0.25, 0.3) is 10.9 Å². The standard InChI is InChI=1S/C24H22ClFN6O2/c1-12-4-21(27)30-13(2)18(12)9-29-24(34)19-11-32(31-22(19)14(3)33)10-15-5-16-7-17(25)8-28-23(16)20(26)6-15/h4-8,11H,9-10H2,1-3H3,(H2,27,30)(H,29,34). The molecule has 0 spiro atoms. The maximum absolute atomic E-state index is 14.5. The van der Waals surface area contributed by atoms with Crippen molar-refractivity contribution in [2.75, 3.05) is 5.73 Å². The minimum atomic E-state index is -0.496. The van der Waals surface area contributed by atoms with Crippen molar-refractivity contribution >= 4 is 40.0 Å². The number of halogens is 2. The highest BCUT2D eigenvalue weighted by atomic mass is 35.5. The monoisotopic (exact) mass is 480 g/mol. The van der Waals surface area contributed by atoms with Crippen molar-refractivity contribution in [2.45, 2.75) is 33.9 Å². The van der Waals surface area contributed by atoms with Crippen LogP contribution in [0.2, 0.25) is 5.02 Å². The van der Waals surface area contributed by atoms with Crippen molar-refractivity contribution in [1.82, 2.24) is 25.1 Å². The normalized spacial score (nSPS) is 11.1. The maximum atomic E-state index is 14.5. The summed E-state index contributed by atoms with van der Waals surface area (Å²) in [5.41, 5.74) is 9.19. The van der Waals surface area contributed by atoms with E-state index >= 15 is 0 Å². The van der Waals surface area contributed by atoms with Crippen LogP contribution in [0.15, 0.2) is 36.7 Å². The zero-order valence-electron chi connectivity index (χ0n) is 18.8. The highest BCUT2D eigenvalue weighted by Gasteiger charge is 2.20. The summed E-state index contributed by atoms with van der Waals surface area (Å²) in [7, 11) is 0. The lowest BCUT2D eigenvalue weighted by Gasteiger charge is -2.11. The fourth-order valence-electron chi connectivity index (χ4n) is 3.86. The third-order valence-electron chi connectivity index (χ3n) is 5.45. The lowest BCUT2D eigenvalue weighted by atomic mass is 10.1. The summed E-state index contributed by atoms with van der Waals surface area (Å²) in [4.78, 5) is 33.3. The van der Waals surface area contributed by atoms with E-state index in [0.29, 0.717) is 27.5 Å². The summed E-state index contributed by atoms with van der Waals surface area (Å²) in [6.45, 7) is 5.40. The van der Waals surface area contributed by atoms with Gasteiger partial charge in [0.05, 0.1) is 17.1 Å². The minimum Gasteiger partial charge on any atom is -0.384 e. The van der Waals surface area contributed by atoms with Crippen LogP contribution in [0.3, 0.4) is 0 Å². The fourth-order valence-corrected chi connectivity index (χ4v) is 4.03. The number of amides is 1. The molecule has 10 heteroatoms. The molecule has 4 rings (SSSR count). The molecule has 3 aromatic heterocycles. The molecule has 0 atom stereocenters. The molecule has 0 saturated heterocycles. The van der Waals surface area contributed by atoms with Crippen molar-refractivity contribution < 1.29 is 14.0 Å². The second-order valence-electron chi connectivity index (χ2n) is 8.06. The second-order valence-corrected chi connectivity index (χ2v) is 8.50. The molecule has 0 aliphatic rings. The molecule has 8 nitrogen and oxygen atoms in total. The highest BCUT2D eigenvalue weighted by Crippen LogP contribution is 2.22. The van der Waals surface area contributed by atoms with Gasteiger partial charge in [0.1, 0.15) is 22.8 Å². The first-order chi connectivity index (χ1) is 16.1. The lowest BCUT2D eigenvalue weighted by molar-refractivity contribution is 0.0935. The number of aromatic nitrogens is 4. The fraction of sp³-hybridized carbons (Fsp3) is 0.208. The molecule has 0 aliphatic heterocycles. The zero-order chi connectivity index (χ0) is 24.6. The number of nitrogens with two attached hydrogens (primary N) is 1. The van der Waals surface area contributed by atoms with Crippen LogP contribution in [0.4, 0.5) is 10.2 Å². The molecule has 0 aliphatic carbocycles. The molecule has 3 N–H and O–H groups in total. The summed E-state index contributed by atoms with van der Waals surface area (Å²) < 4.78 is 15.9. The van der Waals surface area contributed by atoms with Gasteiger partial charge in [0.15, 0.2) is 5.78 Å². The van der Waals surface area contributed by atoms with Gasteiger partial charge in [0.25, 0.3) is 5.91 Å². The molecule has 0 saturated carbocycles. The Morgan fingerprint density at radius 2 is 1.97 bits per heavy atom. The summed E-state index contributed by atoms with van der Waals surface area (Å²) in [5.74, 6) is -0.892. The van der Waals surface area contributed by atoms with E-state index in [2.05, 4.69) is 20.4 Å². The number of rotatable bonds is 6. The number of anilines is 1. The number of carbonyl (C=O) groups excluding carboxylic acids is 2. The zero-order valence-corrected chi connectivity index (χ0v) is 19.6. The predicted molar refractivity (Wildman–Crippen MR) is 127 cm³/mol. The average molecular weight is 481 g/mol. The van der Waals surface area contributed by atoms with Gasteiger partial charge in [0, 0.05) is 36.9 Å². The first-order valence-corrected chi connectivity index (χ1v) is 10.8. The molecule has 1 amide bonds. The Morgan fingerprint density at radius 3 is 2.68 bits per heavy atom. The Bertz CT molecular complexity index is 1430. The van der Waals surface area contributed by atoms with E-state index in [4.69, 9.17) is 17.3 Å². The van der Waals surface area contributed by atoms with E-state index in [1.807, 2.05) is 13.8 Å². The van der Waals surface area contributed by atoms with Crippen LogP contribution in [0, 0.1) is 19.7 Å². The van der Waals surface area contributed by atoms with Gasteiger partial charge in [-0.1, -0.05) is 11.6 Å². The third-order valence-corrected chi connectivity index (χ3v) is 5.65. The second kappa shape index (κ2) is 9.18. The topological polar surface area (TPSA) is 116 Å². The Morgan fingerprint density at radius 1 is 1.21 bits per heavy atom. The SMILES string of the molecule is CC(=O)c1nn(Cc2cc(F)c3ncc(Cl)cc3c2)cc1C(=O)NCc1c(C)cc(N)nc1C. The van der Waals surface area contributed by atoms with Gasteiger partial charge in [-0.2, -0.15) is 5.10 Å². The minimum absolute atomic E-state index is 0.0346. The molecule has 3 heterocycles. The maximum Gasteiger partial charge on any atom is 0.255 e. The highest BCUT2D eigenvalue weighted by molar-refractivity contribution is 6.31. The first-order valence-electron chi connectivity index (χ1n) is 10.4. The van der Waals surface area contributed by atoms with Crippen molar-refractivity contribution in [1.29, 1.82) is 0 Å². The van der Waals surface area contributed by atoms with Gasteiger partial charge in [-0.25, -0.2) is 9.37 Å². The van der Waals surface area contributed by atoms with Gasteiger partial charge >= 0.3 is 0 Å². The Labute approximate surface area is 200 Å². The van der Waals surface area contributed by atoms with Gasteiger partial charge in [-0.3, -0.25) is 19.3 Å². The summed E-state index contributed by atoms with van der Waals surface area (Å²) in [6.07, 6.45) is 2.86. The van der Waals surface area contributed by atoms with E-state index in [1.54, 1.807) is 18.2 Å². The van der Waals surface area contributed by atoms with E-state index in [0.717, 1.165) is 11.1 Å². The largest absolute Gasteiger partial charge is 0.384 e. The number of pyridine rings is 2. The van der Waals surface area contributed by atoms with E-state index in [1.165, 1.54) is 30.1 Å². The number of carbonyl (C=O) groups is 2. The van der Waals surface area contributed by atoms with E-state index in [-0.39, 0.29) is 35.6 Å². The number of hydrogen-bond donors (Lipinski definition) is 2. The lowest BCUT2D eigenvalue weighted by Crippen LogP contribution is -2.25. The molecular weight excluding hydrogens is 459 g/mol. The number of nitrogens with one attached hydrogen (secondary N) is 1. The van der Waals surface area contributed by atoms with Gasteiger partial charge < -0.3 is 11.1 Å². The van der Waals surface area contributed by atoms with Crippen LogP contribution in [-0.2, 0) is 13.1 Å². The van der Waals surface area contributed by atoms with Gasteiger partial charge in [-0.15, -0.1) is 0 Å². The number of benzene rings is 1. The van der Waals surface area contributed by atoms with Crippen molar-refractivity contribution in [2.24, 2.45) is 0 Å². The summed E-state index contributed by atoms with van der Waals surface area (Å²) in [5, 5.41) is 8.02. The Hall–Kier alpha value is -3.85. The molecule has 1 aromatic carbocycles. The molecule has 4 aromatic rings. The first kappa shape index (κ1) is 23.3. The van der Waals surface area contributed by atoms with Crippen LogP contribution >= 0.6 is 11.6 Å². The van der Waals surface area contributed by atoms with E-state index in [9.17, 15) is 14.0 Å². The quantitative estimate of drug-likeness (QED) is 0.403. The molecule has 0 radical (unpaired) electrons. The van der Waals surface area contributed by atoms with Crippen LogP contribution in [0.1, 0.15) is 50.2 Å². The van der Waals surface area contributed by atoms with Gasteiger partial charge in [-0.05, 0) is 54.8 Å². The van der Waals surface area contributed by atoms with Crippen LogP contribution < -0.4 is 11.1 Å². The number of aryl methyl sites for hydroxylation is 2. The van der Waals surface area contributed by atoms with Crippen molar-refractivity contribution in [3.63, 3.8) is 0 Å². The summed E-state index contributed by atoms with van der Waals surface area (Å²) >= 11 is 5.98. The average Bonchev–Trinajstić information content (AvgIpc) is 3.16. The number of Topliss-reactive ketones (excluding diaryl/α,β-unsaturated/α-hetero) is 1. The number of hydrogen-bond acceptors (Lipinski definition) is 6. The van der Waals surface area contributed by atoms with E-state index < -0.39 is 11.7 Å². The molecule has 34 heavy (non-hydrogen) atoms. The van der Waals surface area contributed by atoms with Crippen molar-refractivity contribution in [3.05, 3.63) is 81.1 Å². The smallest absolute Gasteiger partial charge is 0.255 e. The molecule has 0 unspecified atom stereocenters. The Balaban J connectivity index is 1.59. The molecule has 0 fully saturated rings. The Kier molecular flexibility index (Phi) is 6.30.